The molecule has 8 heteroatoms. The van der Waals surface area contributed by atoms with Crippen LogP contribution in [0.15, 0.2) is 40.9 Å². The summed E-state index contributed by atoms with van der Waals surface area (Å²) in [6.45, 7) is 0.929. The van der Waals surface area contributed by atoms with Gasteiger partial charge in [-0.3, -0.25) is 14.9 Å². The third-order valence-corrected chi connectivity index (χ3v) is 3.88. The zero-order valence-electron chi connectivity index (χ0n) is 11.7. The van der Waals surface area contributed by atoms with E-state index in [1.165, 1.54) is 24.3 Å². The normalized spacial score (nSPS) is 12.6. The number of carbonyl (C=O) groups excluding carboxylic acids is 1. The number of rotatable bonds is 3. The second-order valence-electron chi connectivity index (χ2n) is 4.73. The van der Waals surface area contributed by atoms with Crippen molar-refractivity contribution in [2.24, 2.45) is 0 Å². The lowest BCUT2D eigenvalue weighted by molar-refractivity contribution is -0.384. The van der Waals surface area contributed by atoms with Crippen LogP contribution in [0.4, 0.5) is 11.4 Å². The van der Waals surface area contributed by atoms with Gasteiger partial charge in [0.2, 0.25) is 0 Å². The monoisotopic (exact) mass is 378 g/mol. The molecule has 2 aromatic carbocycles. The van der Waals surface area contributed by atoms with Gasteiger partial charge in [-0.2, -0.15) is 0 Å². The van der Waals surface area contributed by atoms with E-state index in [-0.39, 0.29) is 11.6 Å². The third-order valence-electron chi connectivity index (χ3n) is 3.22. The van der Waals surface area contributed by atoms with Gasteiger partial charge in [0.1, 0.15) is 13.2 Å². The fourth-order valence-corrected chi connectivity index (χ4v) is 2.51. The molecule has 7 nitrogen and oxygen atoms in total. The van der Waals surface area contributed by atoms with Crippen LogP contribution in [0, 0.1) is 10.1 Å². The third kappa shape index (κ3) is 3.26. The van der Waals surface area contributed by atoms with Gasteiger partial charge in [-0.15, -0.1) is 0 Å². The van der Waals surface area contributed by atoms with Crippen molar-refractivity contribution in [2.45, 2.75) is 0 Å². The highest BCUT2D eigenvalue weighted by molar-refractivity contribution is 9.10. The molecule has 0 unspecified atom stereocenters. The summed E-state index contributed by atoms with van der Waals surface area (Å²) in [5, 5.41) is 13.4. The quantitative estimate of drug-likeness (QED) is 0.652. The molecular weight excluding hydrogens is 368 g/mol. The van der Waals surface area contributed by atoms with E-state index in [0.717, 1.165) is 0 Å². The molecule has 1 aliphatic heterocycles. The van der Waals surface area contributed by atoms with Crippen molar-refractivity contribution >= 4 is 33.2 Å². The number of amides is 1. The second-order valence-corrected chi connectivity index (χ2v) is 5.59. The van der Waals surface area contributed by atoms with Crippen molar-refractivity contribution in [3.8, 4) is 11.5 Å². The molecule has 1 N–H and O–H groups in total. The summed E-state index contributed by atoms with van der Waals surface area (Å²) in [6.07, 6.45) is 0. The number of carbonyl (C=O) groups is 1. The summed E-state index contributed by atoms with van der Waals surface area (Å²) in [5.41, 5.74) is 0.775. The first-order valence-corrected chi connectivity index (χ1v) is 7.49. The number of ether oxygens (including phenoxy) is 2. The average molecular weight is 379 g/mol. The van der Waals surface area contributed by atoms with Crippen LogP contribution in [0.5, 0.6) is 11.5 Å². The minimum Gasteiger partial charge on any atom is -0.486 e. The molecule has 23 heavy (non-hydrogen) atoms. The molecule has 0 spiro atoms. The molecule has 1 heterocycles. The number of nitro groups is 1. The first-order valence-electron chi connectivity index (χ1n) is 6.69. The molecule has 1 aliphatic rings. The molecule has 0 atom stereocenters. The summed E-state index contributed by atoms with van der Waals surface area (Å²) in [6, 6.07) is 8.77. The Balaban J connectivity index is 1.81. The fourth-order valence-electron chi connectivity index (χ4n) is 2.09. The van der Waals surface area contributed by atoms with Crippen molar-refractivity contribution in [2.75, 3.05) is 18.5 Å². The van der Waals surface area contributed by atoms with Crippen LogP contribution in [0.3, 0.4) is 0 Å². The molecule has 2 aromatic rings. The average Bonchev–Trinajstić information content (AvgIpc) is 2.55. The molecule has 0 saturated heterocycles. The highest BCUT2D eigenvalue weighted by Crippen LogP contribution is 2.38. The number of halogens is 1. The number of non-ortho nitro benzene ring substituents is 1. The van der Waals surface area contributed by atoms with Gasteiger partial charge in [0.25, 0.3) is 11.6 Å². The number of nitrogens with one attached hydrogen (secondary N) is 1. The number of hydrogen-bond acceptors (Lipinski definition) is 5. The van der Waals surface area contributed by atoms with Crippen LogP contribution in [-0.2, 0) is 0 Å². The Morgan fingerprint density at radius 2 is 1.74 bits per heavy atom. The van der Waals surface area contributed by atoms with E-state index in [0.29, 0.717) is 40.4 Å². The van der Waals surface area contributed by atoms with Gasteiger partial charge in [-0.05, 0) is 28.1 Å². The molecule has 0 fully saturated rings. The fraction of sp³-hybridized carbons (Fsp3) is 0.133. The number of nitrogens with zero attached hydrogens (tertiary/aromatic N) is 1. The zero-order valence-corrected chi connectivity index (χ0v) is 13.3. The van der Waals surface area contributed by atoms with E-state index in [1.54, 1.807) is 12.1 Å². The van der Waals surface area contributed by atoms with E-state index >= 15 is 0 Å². The maximum absolute atomic E-state index is 12.2. The van der Waals surface area contributed by atoms with Crippen LogP contribution < -0.4 is 14.8 Å². The minimum absolute atomic E-state index is 0.0675. The lowest BCUT2D eigenvalue weighted by Crippen LogP contribution is -2.17. The van der Waals surface area contributed by atoms with Crippen LogP contribution in [0.2, 0.25) is 0 Å². The summed E-state index contributed by atoms with van der Waals surface area (Å²) in [7, 11) is 0. The maximum atomic E-state index is 12.2. The van der Waals surface area contributed by atoms with Crippen LogP contribution in [0.25, 0.3) is 0 Å². The molecule has 1 amide bonds. The Labute approximate surface area is 139 Å². The van der Waals surface area contributed by atoms with E-state index < -0.39 is 4.92 Å². The van der Waals surface area contributed by atoms with E-state index in [1.807, 2.05) is 0 Å². The summed E-state index contributed by atoms with van der Waals surface area (Å²) >= 11 is 3.37. The highest BCUT2D eigenvalue weighted by atomic mass is 79.9. The maximum Gasteiger partial charge on any atom is 0.269 e. The van der Waals surface area contributed by atoms with Crippen molar-refractivity contribution < 1.29 is 19.2 Å². The molecule has 3 rings (SSSR count). The van der Waals surface area contributed by atoms with Gasteiger partial charge >= 0.3 is 0 Å². The number of benzene rings is 2. The lowest BCUT2D eigenvalue weighted by atomic mass is 10.2. The number of nitro benzene ring substituents is 1. The van der Waals surface area contributed by atoms with Gasteiger partial charge in [-0.25, -0.2) is 0 Å². The summed E-state index contributed by atoms with van der Waals surface area (Å²) in [4.78, 5) is 22.4. The van der Waals surface area contributed by atoms with E-state index in [9.17, 15) is 14.9 Å². The number of hydrogen-bond donors (Lipinski definition) is 1. The predicted octanol–water partition coefficient (Wildman–Crippen LogP) is 3.38. The van der Waals surface area contributed by atoms with Crippen LogP contribution in [0.1, 0.15) is 10.4 Å². The Hall–Kier alpha value is -2.61. The number of fused-ring (bicyclic) bond motifs is 1. The van der Waals surface area contributed by atoms with Crippen molar-refractivity contribution in [3.05, 3.63) is 56.5 Å². The zero-order chi connectivity index (χ0) is 16.4. The van der Waals surface area contributed by atoms with Gasteiger partial charge < -0.3 is 14.8 Å². The van der Waals surface area contributed by atoms with Crippen molar-refractivity contribution in [1.82, 2.24) is 0 Å². The van der Waals surface area contributed by atoms with Gasteiger partial charge in [-0.1, -0.05) is 0 Å². The Kier molecular flexibility index (Phi) is 4.16. The first-order chi connectivity index (χ1) is 11.0. The van der Waals surface area contributed by atoms with Crippen molar-refractivity contribution in [1.29, 1.82) is 0 Å². The SMILES string of the molecule is O=C(Nc1cc2c(cc1Br)OCCO2)c1ccc([N+](=O)[O-])cc1. The van der Waals surface area contributed by atoms with Gasteiger partial charge in [0.15, 0.2) is 11.5 Å². The van der Waals surface area contributed by atoms with Gasteiger partial charge in [0.05, 0.1) is 10.6 Å². The molecule has 118 valence electrons. The highest BCUT2D eigenvalue weighted by Gasteiger charge is 2.17. The molecule has 0 radical (unpaired) electrons. The Morgan fingerprint density at radius 1 is 1.13 bits per heavy atom. The Morgan fingerprint density at radius 3 is 2.35 bits per heavy atom. The topological polar surface area (TPSA) is 90.7 Å². The summed E-state index contributed by atoms with van der Waals surface area (Å²) < 4.78 is 11.6. The second kappa shape index (κ2) is 6.25. The van der Waals surface area contributed by atoms with Gasteiger partial charge in [0, 0.05) is 34.3 Å². The van der Waals surface area contributed by atoms with E-state index in [2.05, 4.69) is 21.2 Å². The largest absolute Gasteiger partial charge is 0.486 e. The lowest BCUT2D eigenvalue weighted by Gasteiger charge is -2.20. The molecular formula is C15H11BrN2O5. The predicted molar refractivity (Wildman–Crippen MR) is 86.2 cm³/mol. The number of anilines is 1. The summed E-state index contributed by atoms with van der Waals surface area (Å²) in [5.74, 6) is 0.784. The van der Waals surface area contributed by atoms with Crippen LogP contribution in [-0.4, -0.2) is 24.0 Å². The van der Waals surface area contributed by atoms with E-state index in [4.69, 9.17) is 9.47 Å². The van der Waals surface area contributed by atoms with Crippen LogP contribution >= 0.6 is 15.9 Å². The van der Waals surface area contributed by atoms with Crippen molar-refractivity contribution in [3.63, 3.8) is 0 Å². The molecule has 0 aromatic heterocycles. The minimum atomic E-state index is -0.515. The standard InChI is InChI=1S/C15H11BrN2O5/c16-11-7-13-14(23-6-5-22-13)8-12(11)17-15(19)9-1-3-10(4-2-9)18(20)21/h1-4,7-8H,5-6H2,(H,17,19). The molecule has 0 saturated carbocycles. The smallest absolute Gasteiger partial charge is 0.269 e. The first kappa shape index (κ1) is 15.3. The molecule has 0 aliphatic carbocycles. The Bertz CT molecular complexity index is 776. The molecule has 0 bridgehead atoms.